The highest BCUT2D eigenvalue weighted by atomic mass is 79.9. The number of hydrogen-bond donors (Lipinski definition) is 1. The van der Waals surface area contributed by atoms with Crippen molar-refractivity contribution in [2.24, 2.45) is 5.92 Å². The quantitative estimate of drug-likeness (QED) is 0.772. The van der Waals surface area contributed by atoms with Crippen molar-refractivity contribution in [2.45, 2.75) is 19.3 Å². The van der Waals surface area contributed by atoms with E-state index in [0.29, 0.717) is 38.0 Å². The molecule has 0 atom stereocenters. The molecule has 24 heavy (non-hydrogen) atoms. The minimum atomic E-state index is -0.205. The molecule has 1 fully saturated rings. The van der Waals surface area contributed by atoms with E-state index < -0.39 is 0 Å². The second kappa shape index (κ2) is 8.82. The standard InChI is InChI=1S/C17H21BrN2O4/c1-24-17(23)13-7-10-20(11-8-13)15(21)6-9-19-16(22)12-2-4-14(18)5-3-12/h2-5,13H,6-11H2,1H3,(H,19,22). The van der Waals surface area contributed by atoms with Gasteiger partial charge in [0.1, 0.15) is 0 Å². The number of carbonyl (C=O) groups is 3. The fraction of sp³-hybridized carbons (Fsp3) is 0.471. The van der Waals surface area contributed by atoms with Gasteiger partial charge in [-0.2, -0.15) is 0 Å². The third-order valence-electron chi connectivity index (χ3n) is 4.11. The van der Waals surface area contributed by atoms with Crippen LogP contribution in [0.15, 0.2) is 28.7 Å². The molecule has 1 aliphatic rings. The van der Waals surface area contributed by atoms with Crippen LogP contribution in [0.4, 0.5) is 0 Å². The first-order valence-electron chi connectivity index (χ1n) is 7.90. The third-order valence-corrected chi connectivity index (χ3v) is 4.64. The van der Waals surface area contributed by atoms with E-state index in [0.717, 1.165) is 4.47 Å². The van der Waals surface area contributed by atoms with Crippen LogP contribution in [0, 0.1) is 5.92 Å². The molecule has 0 spiro atoms. The molecule has 0 radical (unpaired) electrons. The van der Waals surface area contributed by atoms with Crippen molar-refractivity contribution < 1.29 is 19.1 Å². The van der Waals surface area contributed by atoms with Gasteiger partial charge in [-0.3, -0.25) is 14.4 Å². The molecule has 0 bridgehead atoms. The Bertz CT molecular complexity index is 595. The number of benzene rings is 1. The van der Waals surface area contributed by atoms with Crippen LogP contribution in [-0.4, -0.2) is 49.4 Å². The molecule has 2 amide bonds. The summed E-state index contributed by atoms with van der Waals surface area (Å²) in [5.74, 6) is -0.519. The molecule has 2 rings (SSSR count). The lowest BCUT2D eigenvalue weighted by Crippen LogP contribution is -2.41. The molecule has 0 aliphatic carbocycles. The van der Waals surface area contributed by atoms with Gasteiger partial charge in [0, 0.05) is 36.1 Å². The zero-order valence-corrected chi connectivity index (χ0v) is 15.2. The van der Waals surface area contributed by atoms with Crippen molar-refractivity contribution in [3.8, 4) is 0 Å². The summed E-state index contributed by atoms with van der Waals surface area (Å²) in [5, 5.41) is 2.75. The first-order chi connectivity index (χ1) is 11.5. The van der Waals surface area contributed by atoms with Crippen LogP contribution in [0.5, 0.6) is 0 Å². The molecule has 7 heteroatoms. The second-order valence-corrected chi connectivity index (χ2v) is 6.61. The molecule has 1 aliphatic heterocycles. The normalized spacial score (nSPS) is 15.0. The van der Waals surface area contributed by atoms with E-state index in [1.165, 1.54) is 7.11 Å². The van der Waals surface area contributed by atoms with Gasteiger partial charge >= 0.3 is 5.97 Å². The van der Waals surface area contributed by atoms with E-state index in [1.807, 2.05) is 0 Å². The molecule has 1 aromatic carbocycles. The summed E-state index contributed by atoms with van der Waals surface area (Å²) in [6, 6.07) is 7.04. The zero-order valence-electron chi connectivity index (χ0n) is 13.6. The Balaban J connectivity index is 1.71. The van der Waals surface area contributed by atoms with Gasteiger partial charge in [-0.05, 0) is 37.1 Å². The number of methoxy groups -OCH3 is 1. The predicted molar refractivity (Wildman–Crippen MR) is 92.4 cm³/mol. The molecule has 130 valence electrons. The van der Waals surface area contributed by atoms with Gasteiger partial charge in [0.15, 0.2) is 0 Å². The van der Waals surface area contributed by atoms with Crippen LogP contribution in [0.2, 0.25) is 0 Å². The van der Waals surface area contributed by atoms with E-state index >= 15 is 0 Å². The number of esters is 1. The van der Waals surface area contributed by atoms with Crippen LogP contribution in [0.1, 0.15) is 29.6 Å². The highest BCUT2D eigenvalue weighted by molar-refractivity contribution is 9.10. The summed E-state index contributed by atoms with van der Waals surface area (Å²) in [6.07, 6.45) is 1.51. The molecule has 0 aromatic heterocycles. The lowest BCUT2D eigenvalue weighted by Gasteiger charge is -2.30. The Morgan fingerprint density at radius 1 is 1.21 bits per heavy atom. The highest BCUT2D eigenvalue weighted by Gasteiger charge is 2.27. The average Bonchev–Trinajstić information content (AvgIpc) is 2.61. The lowest BCUT2D eigenvalue weighted by atomic mass is 9.97. The van der Waals surface area contributed by atoms with Gasteiger partial charge in [0.25, 0.3) is 5.91 Å². The molecular formula is C17H21BrN2O4. The number of ether oxygens (including phenoxy) is 1. The van der Waals surface area contributed by atoms with Gasteiger partial charge in [-0.25, -0.2) is 0 Å². The van der Waals surface area contributed by atoms with Gasteiger partial charge in [0.05, 0.1) is 13.0 Å². The third kappa shape index (κ3) is 5.06. The van der Waals surface area contributed by atoms with Crippen LogP contribution >= 0.6 is 15.9 Å². The molecular weight excluding hydrogens is 376 g/mol. The number of hydrogen-bond acceptors (Lipinski definition) is 4. The monoisotopic (exact) mass is 396 g/mol. The summed E-state index contributed by atoms with van der Waals surface area (Å²) in [5.41, 5.74) is 0.560. The topological polar surface area (TPSA) is 75.7 Å². The SMILES string of the molecule is COC(=O)C1CCN(C(=O)CCNC(=O)c2ccc(Br)cc2)CC1. The zero-order chi connectivity index (χ0) is 17.5. The molecule has 1 heterocycles. The number of amides is 2. The lowest BCUT2D eigenvalue weighted by molar-refractivity contribution is -0.148. The Morgan fingerprint density at radius 2 is 1.83 bits per heavy atom. The molecule has 1 aromatic rings. The largest absolute Gasteiger partial charge is 0.469 e. The minimum Gasteiger partial charge on any atom is -0.469 e. The Morgan fingerprint density at radius 3 is 2.42 bits per heavy atom. The van der Waals surface area contributed by atoms with E-state index in [9.17, 15) is 14.4 Å². The van der Waals surface area contributed by atoms with E-state index in [2.05, 4.69) is 21.2 Å². The molecule has 1 N–H and O–H groups in total. The highest BCUT2D eigenvalue weighted by Crippen LogP contribution is 2.18. The predicted octanol–water partition coefficient (Wildman–Crippen LogP) is 1.98. The maximum absolute atomic E-state index is 12.2. The summed E-state index contributed by atoms with van der Waals surface area (Å²) in [7, 11) is 1.38. The summed E-state index contributed by atoms with van der Waals surface area (Å²) < 4.78 is 5.64. The number of halogens is 1. The van der Waals surface area contributed by atoms with Crippen molar-refractivity contribution in [1.82, 2.24) is 10.2 Å². The van der Waals surface area contributed by atoms with Crippen LogP contribution in [0.25, 0.3) is 0 Å². The van der Waals surface area contributed by atoms with E-state index in [-0.39, 0.29) is 30.1 Å². The molecule has 0 saturated carbocycles. The number of nitrogens with zero attached hydrogens (tertiary/aromatic N) is 1. The van der Waals surface area contributed by atoms with Gasteiger partial charge < -0.3 is 15.0 Å². The number of likely N-dealkylation sites (tertiary alicyclic amines) is 1. The minimum absolute atomic E-state index is 0.00516. The Hall–Kier alpha value is -1.89. The van der Waals surface area contributed by atoms with Gasteiger partial charge in [-0.1, -0.05) is 15.9 Å². The maximum Gasteiger partial charge on any atom is 0.308 e. The van der Waals surface area contributed by atoms with Crippen LogP contribution in [0.3, 0.4) is 0 Å². The van der Waals surface area contributed by atoms with Crippen molar-refractivity contribution in [1.29, 1.82) is 0 Å². The fourth-order valence-electron chi connectivity index (χ4n) is 2.68. The number of piperidine rings is 1. The summed E-state index contributed by atoms with van der Waals surface area (Å²) in [6.45, 7) is 1.41. The van der Waals surface area contributed by atoms with Crippen molar-refractivity contribution in [2.75, 3.05) is 26.7 Å². The molecule has 6 nitrogen and oxygen atoms in total. The molecule has 1 saturated heterocycles. The van der Waals surface area contributed by atoms with Gasteiger partial charge in [-0.15, -0.1) is 0 Å². The van der Waals surface area contributed by atoms with Gasteiger partial charge in [0.2, 0.25) is 5.91 Å². The Labute approximate surface area is 149 Å². The van der Waals surface area contributed by atoms with E-state index in [4.69, 9.17) is 4.74 Å². The number of carbonyl (C=O) groups excluding carboxylic acids is 3. The van der Waals surface area contributed by atoms with Crippen molar-refractivity contribution in [3.63, 3.8) is 0 Å². The smallest absolute Gasteiger partial charge is 0.308 e. The first-order valence-corrected chi connectivity index (χ1v) is 8.70. The Kier molecular flexibility index (Phi) is 6.78. The first kappa shape index (κ1) is 18.4. The number of nitrogens with one attached hydrogen (secondary N) is 1. The number of rotatable bonds is 5. The second-order valence-electron chi connectivity index (χ2n) is 5.69. The van der Waals surface area contributed by atoms with Crippen LogP contribution in [-0.2, 0) is 14.3 Å². The molecule has 0 unspecified atom stereocenters. The van der Waals surface area contributed by atoms with Crippen molar-refractivity contribution >= 4 is 33.7 Å². The van der Waals surface area contributed by atoms with E-state index in [1.54, 1.807) is 29.2 Å². The summed E-state index contributed by atoms with van der Waals surface area (Å²) in [4.78, 5) is 37.3. The average molecular weight is 397 g/mol. The van der Waals surface area contributed by atoms with Crippen LogP contribution < -0.4 is 5.32 Å². The maximum atomic E-state index is 12.2. The fourth-order valence-corrected chi connectivity index (χ4v) is 2.94. The summed E-state index contributed by atoms with van der Waals surface area (Å²) >= 11 is 3.32. The van der Waals surface area contributed by atoms with Crippen molar-refractivity contribution in [3.05, 3.63) is 34.3 Å².